The number of fused-ring (bicyclic) bond motifs is 1. The molecule has 1 atom stereocenters. The van der Waals surface area contributed by atoms with E-state index >= 15 is 0 Å². The van der Waals surface area contributed by atoms with Crippen LogP contribution in [-0.2, 0) is 4.79 Å². The van der Waals surface area contributed by atoms with Crippen molar-refractivity contribution in [1.82, 2.24) is 5.32 Å². The van der Waals surface area contributed by atoms with Crippen LogP contribution in [0.15, 0.2) is 23.2 Å². The first-order valence-electron chi connectivity index (χ1n) is 6.24. The van der Waals surface area contributed by atoms with Crippen molar-refractivity contribution in [2.24, 2.45) is 4.99 Å². The van der Waals surface area contributed by atoms with Crippen LogP contribution in [0.5, 0.6) is 5.75 Å². The Morgan fingerprint density at radius 2 is 2.50 bits per heavy atom. The van der Waals surface area contributed by atoms with Gasteiger partial charge in [-0.05, 0) is 18.2 Å². The van der Waals surface area contributed by atoms with Gasteiger partial charge in [0.05, 0.1) is 18.3 Å². The molecule has 106 valence electrons. The van der Waals surface area contributed by atoms with E-state index in [1.165, 1.54) is 11.8 Å². The van der Waals surface area contributed by atoms with Crippen molar-refractivity contribution in [2.75, 3.05) is 24.7 Å². The summed E-state index contributed by atoms with van der Waals surface area (Å²) in [6, 6.07) is 5.35. The van der Waals surface area contributed by atoms with E-state index < -0.39 is 0 Å². The Bertz CT molecular complexity index is 565. The van der Waals surface area contributed by atoms with Gasteiger partial charge in [0.15, 0.2) is 0 Å². The molecule has 1 unspecified atom stereocenters. The summed E-state index contributed by atoms with van der Waals surface area (Å²) in [6.45, 7) is 1.32. The fourth-order valence-electron chi connectivity index (χ4n) is 2.07. The normalized spacial score (nSPS) is 20.2. The van der Waals surface area contributed by atoms with Gasteiger partial charge in [-0.1, -0.05) is 35.1 Å². The van der Waals surface area contributed by atoms with Crippen molar-refractivity contribution >= 4 is 45.4 Å². The van der Waals surface area contributed by atoms with E-state index in [4.69, 9.17) is 16.3 Å². The van der Waals surface area contributed by atoms with Crippen molar-refractivity contribution in [2.45, 2.75) is 6.04 Å². The number of nitrogens with one attached hydrogen (secondary N) is 1. The Morgan fingerprint density at radius 3 is 3.30 bits per heavy atom. The van der Waals surface area contributed by atoms with Gasteiger partial charge in [0.2, 0.25) is 5.91 Å². The van der Waals surface area contributed by atoms with Gasteiger partial charge < -0.3 is 10.1 Å². The molecule has 0 saturated heterocycles. The predicted octanol–water partition coefficient (Wildman–Crippen LogP) is 2.73. The van der Waals surface area contributed by atoms with Gasteiger partial charge in [-0.15, -0.1) is 0 Å². The molecule has 0 fully saturated rings. The van der Waals surface area contributed by atoms with Gasteiger partial charge in [-0.2, -0.15) is 0 Å². The number of benzene rings is 1. The molecule has 3 rings (SSSR count). The average molecular weight is 329 g/mol. The molecule has 1 aromatic carbocycles. The molecular weight excluding hydrogens is 316 g/mol. The molecule has 20 heavy (non-hydrogen) atoms. The zero-order chi connectivity index (χ0) is 13.9. The number of amides is 1. The van der Waals surface area contributed by atoms with E-state index in [9.17, 15) is 4.79 Å². The van der Waals surface area contributed by atoms with Gasteiger partial charge in [0, 0.05) is 16.3 Å². The number of thioether (sulfide) groups is 2. The molecule has 1 aromatic rings. The smallest absolute Gasteiger partial charge is 0.231 e. The Hall–Kier alpha value is -0.850. The number of hydrogen-bond donors (Lipinski definition) is 1. The Labute approximate surface area is 130 Å². The first-order chi connectivity index (χ1) is 9.72. The molecule has 0 aromatic heterocycles. The van der Waals surface area contributed by atoms with E-state index in [1.807, 2.05) is 12.1 Å². The summed E-state index contributed by atoms with van der Waals surface area (Å²) in [5.41, 5.74) is 0.948. The van der Waals surface area contributed by atoms with E-state index in [-0.39, 0.29) is 11.9 Å². The lowest BCUT2D eigenvalue weighted by Crippen LogP contribution is -2.31. The summed E-state index contributed by atoms with van der Waals surface area (Å²) in [4.78, 5) is 16.3. The fraction of sp³-hybridized carbons (Fsp3) is 0.385. The zero-order valence-corrected chi connectivity index (χ0v) is 13.0. The summed E-state index contributed by atoms with van der Waals surface area (Å²) >= 11 is 9.18. The number of nitrogens with zero attached hydrogens (tertiary/aromatic N) is 1. The van der Waals surface area contributed by atoms with Crippen molar-refractivity contribution in [1.29, 1.82) is 0 Å². The largest absolute Gasteiger partial charge is 0.491 e. The van der Waals surface area contributed by atoms with Crippen LogP contribution in [0.25, 0.3) is 0 Å². The standard InChI is InChI=1S/C13H13ClN2O2S2/c14-8-1-2-11-9(5-8)10(6-18-11)16-12(17)7-20-13-15-3-4-19-13/h1-2,5,10H,3-4,6-7H2,(H,16,17). The highest BCUT2D eigenvalue weighted by molar-refractivity contribution is 8.39. The molecular formula is C13H13ClN2O2S2. The van der Waals surface area contributed by atoms with Crippen LogP contribution in [0.3, 0.4) is 0 Å². The average Bonchev–Trinajstić information content (AvgIpc) is 3.07. The topological polar surface area (TPSA) is 50.7 Å². The lowest BCUT2D eigenvalue weighted by Gasteiger charge is -2.11. The second-order valence-corrected chi connectivity index (χ2v) is 7.14. The summed E-state index contributed by atoms with van der Waals surface area (Å²) in [6.07, 6.45) is 0. The van der Waals surface area contributed by atoms with Crippen LogP contribution < -0.4 is 10.1 Å². The highest BCUT2D eigenvalue weighted by Gasteiger charge is 2.26. The third-order valence-electron chi connectivity index (χ3n) is 2.97. The molecule has 0 aliphatic carbocycles. The van der Waals surface area contributed by atoms with Crippen molar-refractivity contribution < 1.29 is 9.53 Å². The fourth-order valence-corrected chi connectivity index (χ4v) is 4.07. The molecule has 2 aliphatic heterocycles. The number of ether oxygens (including phenoxy) is 1. The maximum Gasteiger partial charge on any atom is 0.231 e. The molecule has 2 heterocycles. The Kier molecular flexibility index (Phi) is 4.43. The van der Waals surface area contributed by atoms with E-state index in [1.54, 1.807) is 17.8 Å². The molecule has 0 spiro atoms. The first kappa shape index (κ1) is 14.1. The molecule has 1 amide bonds. The van der Waals surface area contributed by atoms with Gasteiger partial charge >= 0.3 is 0 Å². The predicted molar refractivity (Wildman–Crippen MR) is 85.0 cm³/mol. The van der Waals surface area contributed by atoms with Crippen molar-refractivity contribution in [3.05, 3.63) is 28.8 Å². The van der Waals surface area contributed by atoms with Gasteiger partial charge in [0.25, 0.3) is 0 Å². The Balaban J connectivity index is 1.56. The Morgan fingerprint density at radius 1 is 1.60 bits per heavy atom. The maximum absolute atomic E-state index is 12.0. The number of halogens is 1. The molecule has 0 bridgehead atoms. The molecule has 2 aliphatic rings. The SMILES string of the molecule is O=C(CSC1=NCCS1)NC1COc2ccc(Cl)cc21. The van der Waals surface area contributed by atoms with Gasteiger partial charge in [0.1, 0.15) is 16.7 Å². The van der Waals surface area contributed by atoms with Crippen LogP contribution in [0, 0.1) is 0 Å². The molecule has 0 radical (unpaired) electrons. The lowest BCUT2D eigenvalue weighted by atomic mass is 10.1. The molecule has 7 heteroatoms. The summed E-state index contributed by atoms with van der Waals surface area (Å²) in [7, 11) is 0. The number of hydrogen-bond acceptors (Lipinski definition) is 5. The van der Waals surface area contributed by atoms with Crippen LogP contribution in [0.1, 0.15) is 11.6 Å². The van der Waals surface area contributed by atoms with Crippen LogP contribution in [0.2, 0.25) is 5.02 Å². The number of rotatable bonds is 3. The zero-order valence-electron chi connectivity index (χ0n) is 10.6. The third kappa shape index (κ3) is 3.24. The summed E-state index contributed by atoms with van der Waals surface area (Å²) in [5, 5.41) is 3.63. The highest BCUT2D eigenvalue weighted by atomic mass is 35.5. The monoisotopic (exact) mass is 328 g/mol. The quantitative estimate of drug-likeness (QED) is 0.927. The summed E-state index contributed by atoms with van der Waals surface area (Å²) < 4.78 is 6.54. The number of carbonyl (C=O) groups is 1. The molecule has 0 saturated carbocycles. The van der Waals surface area contributed by atoms with Gasteiger partial charge in [-0.3, -0.25) is 9.79 Å². The van der Waals surface area contributed by atoms with Crippen molar-refractivity contribution in [3.8, 4) is 5.75 Å². The first-order valence-corrected chi connectivity index (χ1v) is 8.59. The molecule has 1 N–H and O–H groups in total. The molecule has 4 nitrogen and oxygen atoms in total. The van der Waals surface area contributed by atoms with E-state index in [2.05, 4.69) is 10.3 Å². The summed E-state index contributed by atoms with van der Waals surface area (Å²) in [5.74, 6) is 2.19. The van der Waals surface area contributed by atoms with Crippen molar-refractivity contribution in [3.63, 3.8) is 0 Å². The van der Waals surface area contributed by atoms with E-state index in [0.717, 1.165) is 28.0 Å². The number of carbonyl (C=O) groups excluding carboxylic acids is 1. The third-order valence-corrected chi connectivity index (χ3v) is 5.46. The second kappa shape index (κ2) is 6.28. The van der Waals surface area contributed by atoms with E-state index in [0.29, 0.717) is 17.4 Å². The van der Waals surface area contributed by atoms with Crippen LogP contribution in [0.4, 0.5) is 0 Å². The van der Waals surface area contributed by atoms with Crippen LogP contribution in [-0.4, -0.2) is 34.9 Å². The maximum atomic E-state index is 12.0. The van der Waals surface area contributed by atoms with Crippen LogP contribution >= 0.6 is 35.1 Å². The lowest BCUT2D eigenvalue weighted by molar-refractivity contribution is -0.119. The second-order valence-electron chi connectivity index (χ2n) is 4.40. The highest BCUT2D eigenvalue weighted by Crippen LogP contribution is 2.34. The minimum Gasteiger partial charge on any atom is -0.491 e. The minimum atomic E-state index is -0.116. The minimum absolute atomic E-state index is 0.00775. The van der Waals surface area contributed by atoms with Gasteiger partial charge in [-0.25, -0.2) is 0 Å². The number of aliphatic imine (C=N–C) groups is 1.